The minimum absolute atomic E-state index is 0.132. The number of carbonyl (C=O) groups excluding carboxylic acids is 2. The summed E-state index contributed by atoms with van der Waals surface area (Å²) in [6, 6.07) is -0.532. The van der Waals surface area contributed by atoms with Crippen LogP contribution in [0.3, 0.4) is 0 Å². The second-order valence-corrected chi connectivity index (χ2v) is 3.87. The molecule has 2 rings (SSSR count). The largest absolute Gasteiger partial charge is 0.481 e. The molecule has 0 bridgehead atoms. The number of aromatic nitrogens is 2. The Kier molecular flexibility index (Phi) is 2.90. The fourth-order valence-corrected chi connectivity index (χ4v) is 1.75. The Morgan fingerprint density at radius 2 is 2.35 bits per heavy atom. The van der Waals surface area contributed by atoms with Crippen LogP contribution in [0.2, 0.25) is 0 Å². The SMILES string of the molecule is O=C(O)Cc1cnn(C2CCC(=O)NC2=O)c1. The number of carboxylic acid groups (broad SMARTS) is 1. The Hall–Kier alpha value is -2.18. The number of hydrogen-bond donors (Lipinski definition) is 2. The Morgan fingerprint density at radius 1 is 1.59 bits per heavy atom. The molecule has 1 atom stereocenters. The monoisotopic (exact) mass is 237 g/mol. The number of nitrogens with zero attached hydrogens (tertiary/aromatic N) is 2. The third-order valence-corrected chi connectivity index (χ3v) is 2.54. The molecule has 0 spiro atoms. The van der Waals surface area contributed by atoms with Crippen LogP contribution in [0.25, 0.3) is 0 Å². The molecule has 1 aromatic rings. The number of carboxylic acids is 1. The maximum atomic E-state index is 11.5. The molecule has 0 radical (unpaired) electrons. The smallest absolute Gasteiger partial charge is 0.307 e. The van der Waals surface area contributed by atoms with E-state index in [1.165, 1.54) is 17.1 Å². The molecule has 0 aliphatic carbocycles. The standard InChI is InChI=1S/C10H11N3O4/c14-8-2-1-7(10(17)12-8)13-5-6(4-11-13)3-9(15)16/h4-5,7H,1-3H2,(H,15,16)(H,12,14,17). The number of aliphatic carboxylic acids is 1. The lowest BCUT2D eigenvalue weighted by molar-refractivity contribution is -0.137. The number of piperidine rings is 1. The maximum Gasteiger partial charge on any atom is 0.307 e. The van der Waals surface area contributed by atoms with Crippen LogP contribution in [-0.4, -0.2) is 32.7 Å². The van der Waals surface area contributed by atoms with E-state index in [0.29, 0.717) is 12.0 Å². The molecule has 17 heavy (non-hydrogen) atoms. The predicted octanol–water partition coefficient (Wildman–Crippen LogP) is -0.512. The van der Waals surface area contributed by atoms with Crippen LogP contribution in [0.15, 0.2) is 12.4 Å². The average Bonchev–Trinajstić information content (AvgIpc) is 2.65. The third kappa shape index (κ3) is 2.49. The lowest BCUT2D eigenvalue weighted by Crippen LogP contribution is -2.41. The van der Waals surface area contributed by atoms with E-state index < -0.39 is 17.9 Å². The normalized spacial score (nSPS) is 20.1. The maximum absolute atomic E-state index is 11.5. The van der Waals surface area contributed by atoms with Crippen LogP contribution < -0.4 is 5.32 Å². The lowest BCUT2D eigenvalue weighted by Gasteiger charge is -2.20. The fourth-order valence-electron chi connectivity index (χ4n) is 1.75. The summed E-state index contributed by atoms with van der Waals surface area (Å²) in [6.45, 7) is 0. The van der Waals surface area contributed by atoms with Gasteiger partial charge in [-0.25, -0.2) is 0 Å². The number of rotatable bonds is 3. The van der Waals surface area contributed by atoms with Crippen molar-refractivity contribution in [3.05, 3.63) is 18.0 Å². The zero-order valence-electron chi connectivity index (χ0n) is 8.92. The van der Waals surface area contributed by atoms with Crippen molar-refractivity contribution >= 4 is 17.8 Å². The minimum Gasteiger partial charge on any atom is -0.481 e. The van der Waals surface area contributed by atoms with E-state index >= 15 is 0 Å². The van der Waals surface area contributed by atoms with Crippen LogP contribution >= 0.6 is 0 Å². The van der Waals surface area contributed by atoms with Gasteiger partial charge in [0.05, 0.1) is 12.6 Å². The first-order valence-electron chi connectivity index (χ1n) is 5.15. The topological polar surface area (TPSA) is 101 Å². The molecule has 1 aliphatic heterocycles. The Bertz CT molecular complexity index is 480. The molecule has 1 aromatic heterocycles. The summed E-state index contributed by atoms with van der Waals surface area (Å²) in [5.41, 5.74) is 0.530. The summed E-state index contributed by atoms with van der Waals surface area (Å²) < 4.78 is 1.40. The van der Waals surface area contributed by atoms with Gasteiger partial charge in [0.15, 0.2) is 0 Å². The van der Waals surface area contributed by atoms with Gasteiger partial charge in [0.25, 0.3) is 5.91 Å². The highest BCUT2D eigenvalue weighted by Gasteiger charge is 2.28. The molecule has 2 heterocycles. The van der Waals surface area contributed by atoms with E-state index in [-0.39, 0.29) is 18.7 Å². The molecule has 7 heteroatoms. The summed E-state index contributed by atoms with van der Waals surface area (Å²) in [7, 11) is 0. The van der Waals surface area contributed by atoms with E-state index in [2.05, 4.69) is 10.4 Å². The summed E-state index contributed by atoms with van der Waals surface area (Å²) in [4.78, 5) is 33.0. The third-order valence-electron chi connectivity index (χ3n) is 2.54. The molecular formula is C10H11N3O4. The van der Waals surface area contributed by atoms with Crippen LogP contribution in [0.1, 0.15) is 24.4 Å². The van der Waals surface area contributed by atoms with Crippen molar-refractivity contribution in [2.24, 2.45) is 0 Å². The molecule has 2 amide bonds. The van der Waals surface area contributed by atoms with Gasteiger partial charge < -0.3 is 5.11 Å². The fraction of sp³-hybridized carbons (Fsp3) is 0.400. The van der Waals surface area contributed by atoms with Crippen molar-refractivity contribution < 1.29 is 19.5 Å². The highest BCUT2D eigenvalue weighted by molar-refractivity contribution is 5.99. The van der Waals surface area contributed by atoms with Crippen molar-refractivity contribution in [2.75, 3.05) is 0 Å². The molecule has 0 aromatic carbocycles. The van der Waals surface area contributed by atoms with Crippen molar-refractivity contribution in [1.82, 2.24) is 15.1 Å². The Morgan fingerprint density at radius 3 is 3.00 bits per heavy atom. The Balaban J connectivity index is 2.12. The van der Waals surface area contributed by atoms with Gasteiger partial charge in [-0.3, -0.25) is 24.4 Å². The van der Waals surface area contributed by atoms with Crippen LogP contribution in [0.4, 0.5) is 0 Å². The molecule has 1 fully saturated rings. The van der Waals surface area contributed by atoms with E-state index in [0.717, 1.165) is 0 Å². The number of amides is 2. The molecule has 7 nitrogen and oxygen atoms in total. The van der Waals surface area contributed by atoms with Gasteiger partial charge in [0.1, 0.15) is 6.04 Å². The average molecular weight is 237 g/mol. The van der Waals surface area contributed by atoms with E-state index in [1.54, 1.807) is 0 Å². The van der Waals surface area contributed by atoms with Crippen LogP contribution in [-0.2, 0) is 20.8 Å². The Labute approximate surface area is 96.4 Å². The molecule has 1 aliphatic rings. The zero-order valence-corrected chi connectivity index (χ0v) is 8.92. The number of nitrogens with one attached hydrogen (secondary N) is 1. The number of hydrogen-bond acceptors (Lipinski definition) is 4. The predicted molar refractivity (Wildman–Crippen MR) is 55.0 cm³/mol. The van der Waals surface area contributed by atoms with E-state index in [9.17, 15) is 14.4 Å². The first kappa shape index (κ1) is 11.3. The second-order valence-electron chi connectivity index (χ2n) is 3.87. The van der Waals surface area contributed by atoms with Gasteiger partial charge in [-0.05, 0) is 6.42 Å². The number of carbonyl (C=O) groups is 3. The van der Waals surface area contributed by atoms with Crippen molar-refractivity contribution in [1.29, 1.82) is 0 Å². The van der Waals surface area contributed by atoms with Gasteiger partial charge in [-0.1, -0.05) is 0 Å². The molecule has 2 N–H and O–H groups in total. The zero-order chi connectivity index (χ0) is 12.4. The van der Waals surface area contributed by atoms with Crippen molar-refractivity contribution in [3.8, 4) is 0 Å². The summed E-state index contributed by atoms with van der Waals surface area (Å²) >= 11 is 0. The van der Waals surface area contributed by atoms with Gasteiger partial charge in [-0.2, -0.15) is 5.10 Å². The van der Waals surface area contributed by atoms with Crippen LogP contribution in [0, 0.1) is 0 Å². The second kappa shape index (κ2) is 4.36. The van der Waals surface area contributed by atoms with Gasteiger partial charge in [0, 0.05) is 18.2 Å². The minimum atomic E-state index is -0.951. The molecule has 1 saturated heterocycles. The molecular weight excluding hydrogens is 226 g/mol. The van der Waals surface area contributed by atoms with Crippen LogP contribution in [0.5, 0.6) is 0 Å². The van der Waals surface area contributed by atoms with Crippen molar-refractivity contribution in [3.63, 3.8) is 0 Å². The molecule has 90 valence electrons. The summed E-state index contributed by atoms with van der Waals surface area (Å²) in [5.74, 6) is -1.64. The first-order valence-corrected chi connectivity index (χ1v) is 5.15. The molecule has 0 saturated carbocycles. The van der Waals surface area contributed by atoms with Gasteiger partial charge in [-0.15, -0.1) is 0 Å². The quantitative estimate of drug-likeness (QED) is 0.689. The highest BCUT2D eigenvalue weighted by Crippen LogP contribution is 2.18. The first-order chi connectivity index (χ1) is 8.06. The van der Waals surface area contributed by atoms with Gasteiger partial charge in [0.2, 0.25) is 5.91 Å². The highest BCUT2D eigenvalue weighted by atomic mass is 16.4. The van der Waals surface area contributed by atoms with E-state index in [1.807, 2.05) is 0 Å². The van der Waals surface area contributed by atoms with Gasteiger partial charge >= 0.3 is 5.97 Å². The lowest BCUT2D eigenvalue weighted by atomic mass is 10.1. The summed E-state index contributed by atoms with van der Waals surface area (Å²) in [5, 5.41) is 14.8. The van der Waals surface area contributed by atoms with Crippen molar-refractivity contribution in [2.45, 2.75) is 25.3 Å². The number of imide groups is 1. The van der Waals surface area contributed by atoms with E-state index in [4.69, 9.17) is 5.11 Å². The molecule has 1 unspecified atom stereocenters. The summed E-state index contributed by atoms with van der Waals surface area (Å²) in [6.07, 6.45) is 3.46.